The Morgan fingerprint density at radius 2 is 2.05 bits per heavy atom. The van der Waals surface area contributed by atoms with Crippen molar-refractivity contribution in [2.45, 2.75) is 25.4 Å². The van der Waals surface area contributed by atoms with Crippen molar-refractivity contribution < 1.29 is 18.7 Å². The molecule has 2 aromatic rings. The number of hydrogen-bond acceptors (Lipinski definition) is 5. The van der Waals surface area contributed by atoms with Gasteiger partial charge in [-0.3, -0.25) is 4.79 Å². The number of amides is 1. The predicted octanol–water partition coefficient (Wildman–Crippen LogP) is 2.71. The van der Waals surface area contributed by atoms with Gasteiger partial charge in [-0.05, 0) is 12.5 Å². The molecule has 1 amide bonds. The molecular formula is C13H13F2N3O2S. The van der Waals surface area contributed by atoms with Crippen molar-refractivity contribution in [3.05, 3.63) is 40.9 Å². The van der Waals surface area contributed by atoms with Crippen LogP contribution in [0.25, 0.3) is 0 Å². The minimum absolute atomic E-state index is 0.0147. The summed E-state index contributed by atoms with van der Waals surface area (Å²) in [5.74, 6) is -0.527. The molecule has 0 fully saturated rings. The van der Waals surface area contributed by atoms with Crippen molar-refractivity contribution in [3.63, 3.8) is 0 Å². The maximum Gasteiger partial charge on any atom is 0.291 e. The Morgan fingerprint density at radius 3 is 2.62 bits per heavy atom. The molecule has 2 N–H and O–H groups in total. The van der Waals surface area contributed by atoms with Gasteiger partial charge in [-0.1, -0.05) is 41.7 Å². The van der Waals surface area contributed by atoms with Gasteiger partial charge in [0.1, 0.15) is 0 Å². The molecule has 2 rings (SSSR count). The number of carbonyl (C=O) groups excluding carboxylic acids is 1. The van der Waals surface area contributed by atoms with Crippen LogP contribution in [-0.2, 0) is 10.4 Å². The van der Waals surface area contributed by atoms with Crippen LogP contribution in [0.4, 0.5) is 13.9 Å². The molecule has 1 atom stereocenters. The van der Waals surface area contributed by atoms with E-state index in [1.807, 2.05) is 0 Å². The fourth-order valence-corrected chi connectivity index (χ4v) is 2.36. The summed E-state index contributed by atoms with van der Waals surface area (Å²) in [7, 11) is 0. The fourth-order valence-electron chi connectivity index (χ4n) is 1.75. The molecule has 0 saturated carbocycles. The first-order valence-electron chi connectivity index (χ1n) is 6.08. The zero-order valence-corrected chi connectivity index (χ0v) is 11.9. The van der Waals surface area contributed by atoms with Gasteiger partial charge in [-0.15, -0.1) is 10.2 Å². The third-order valence-electron chi connectivity index (χ3n) is 2.77. The average Bonchev–Trinajstić information content (AvgIpc) is 2.87. The predicted molar refractivity (Wildman–Crippen MR) is 74.1 cm³/mol. The van der Waals surface area contributed by atoms with Gasteiger partial charge >= 0.3 is 0 Å². The van der Waals surface area contributed by atoms with Gasteiger partial charge in [0.2, 0.25) is 11.0 Å². The lowest BCUT2D eigenvalue weighted by Crippen LogP contribution is -2.28. The lowest BCUT2D eigenvalue weighted by atomic mass is 9.92. The van der Waals surface area contributed by atoms with Gasteiger partial charge in [-0.25, -0.2) is 8.78 Å². The van der Waals surface area contributed by atoms with Crippen molar-refractivity contribution in [2.24, 2.45) is 0 Å². The highest BCUT2D eigenvalue weighted by atomic mass is 32.1. The van der Waals surface area contributed by atoms with Gasteiger partial charge in [0, 0.05) is 0 Å². The molecule has 0 bridgehead atoms. The normalized spacial score (nSPS) is 14.0. The van der Waals surface area contributed by atoms with Crippen LogP contribution >= 0.6 is 11.3 Å². The molecule has 1 aromatic carbocycles. The molecule has 0 radical (unpaired) electrons. The monoisotopic (exact) mass is 313 g/mol. The summed E-state index contributed by atoms with van der Waals surface area (Å²) in [6.45, 7) is 1.51. The van der Waals surface area contributed by atoms with Crippen LogP contribution in [0.2, 0.25) is 0 Å². The molecule has 5 nitrogen and oxygen atoms in total. The van der Waals surface area contributed by atoms with Crippen molar-refractivity contribution in [1.82, 2.24) is 10.2 Å². The lowest BCUT2D eigenvalue weighted by molar-refractivity contribution is -0.120. The number of carbonyl (C=O) groups is 1. The van der Waals surface area contributed by atoms with Crippen LogP contribution in [0.3, 0.4) is 0 Å². The van der Waals surface area contributed by atoms with Crippen molar-refractivity contribution in [1.29, 1.82) is 0 Å². The van der Waals surface area contributed by atoms with Crippen molar-refractivity contribution in [3.8, 4) is 0 Å². The Bertz CT molecular complexity index is 617. The summed E-state index contributed by atoms with van der Waals surface area (Å²) in [5, 5.41) is 18.9. The molecule has 0 aliphatic carbocycles. The quantitative estimate of drug-likeness (QED) is 0.890. The average molecular weight is 313 g/mol. The maximum atomic E-state index is 12.4. The van der Waals surface area contributed by atoms with Gasteiger partial charge < -0.3 is 10.4 Å². The maximum absolute atomic E-state index is 12.4. The molecule has 21 heavy (non-hydrogen) atoms. The Kier molecular flexibility index (Phi) is 4.59. The van der Waals surface area contributed by atoms with Crippen LogP contribution < -0.4 is 5.32 Å². The number of alkyl halides is 2. The zero-order valence-electron chi connectivity index (χ0n) is 11.1. The number of aromatic nitrogens is 2. The van der Waals surface area contributed by atoms with E-state index in [4.69, 9.17) is 0 Å². The molecule has 1 aromatic heterocycles. The van der Waals surface area contributed by atoms with Crippen LogP contribution in [0.1, 0.15) is 30.3 Å². The first-order valence-corrected chi connectivity index (χ1v) is 6.89. The summed E-state index contributed by atoms with van der Waals surface area (Å²) in [6, 6.07) is 8.70. The first kappa shape index (κ1) is 15.5. The molecule has 0 saturated heterocycles. The Morgan fingerprint density at radius 1 is 1.38 bits per heavy atom. The van der Waals surface area contributed by atoms with E-state index in [0.717, 1.165) is 0 Å². The molecule has 112 valence electrons. The zero-order chi connectivity index (χ0) is 15.5. The number of halogens is 2. The smallest absolute Gasteiger partial charge is 0.291 e. The van der Waals surface area contributed by atoms with Gasteiger partial charge in [0.05, 0.1) is 12.0 Å². The topological polar surface area (TPSA) is 75.1 Å². The molecule has 1 heterocycles. The third kappa shape index (κ3) is 4.02. The van der Waals surface area contributed by atoms with E-state index >= 15 is 0 Å². The third-order valence-corrected chi connectivity index (χ3v) is 3.62. The van der Waals surface area contributed by atoms with Gasteiger partial charge in [0.15, 0.2) is 5.01 Å². The van der Waals surface area contributed by atoms with Gasteiger partial charge in [-0.2, -0.15) is 0 Å². The highest BCUT2D eigenvalue weighted by Gasteiger charge is 2.27. The van der Waals surface area contributed by atoms with E-state index in [9.17, 15) is 18.7 Å². The lowest BCUT2D eigenvalue weighted by Gasteiger charge is -2.22. The second-order valence-corrected chi connectivity index (χ2v) is 5.62. The number of nitrogens with zero attached hydrogens (tertiary/aromatic N) is 2. The first-order chi connectivity index (χ1) is 9.88. The second-order valence-electron chi connectivity index (χ2n) is 4.61. The second kappa shape index (κ2) is 6.23. The minimum atomic E-state index is -2.72. The minimum Gasteiger partial charge on any atom is -0.385 e. The molecule has 0 spiro atoms. The van der Waals surface area contributed by atoms with E-state index in [-0.39, 0.29) is 11.6 Å². The highest BCUT2D eigenvalue weighted by Crippen LogP contribution is 2.27. The molecule has 0 aliphatic rings. The Balaban J connectivity index is 2.00. The van der Waals surface area contributed by atoms with E-state index < -0.39 is 22.9 Å². The summed E-state index contributed by atoms with van der Waals surface area (Å²) in [4.78, 5) is 11.9. The summed E-state index contributed by atoms with van der Waals surface area (Å²) >= 11 is 0.605. The Hall–Kier alpha value is -1.93. The number of anilines is 1. The Labute approximate surface area is 123 Å². The summed E-state index contributed by atoms with van der Waals surface area (Å²) in [6.07, 6.45) is -2.94. The van der Waals surface area contributed by atoms with E-state index in [1.165, 1.54) is 6.92 Å². The molecule has 8 heteroatoms. The largest absolute Gasteiger partial charge is 0.385 e. The SMILES string of the molecule is CC(O)(CC(=O)Nc1nnc(C(F)F)s1)c1ccccc1. The van der Waals surface area contributed by atoms with Crippen LogP contribution in [0.15, 0.2) is 30.3 Å². The van der Waals surface area contributed by atoms with E-state index in [0.29, 0.717) is 16.9 Å². The van der Waals surface area contributed by atoms with Crippen LogP contribution in [0, 0.1) is 0 Å². The number of benzene rings is 1. The van der Waals surface area contributed by atoms with E-state index in [1.54, 1.807) is 30.3 Å². The van der Waals surface area contributed by atoms with Crippen molar-refractivity contribution in [2.75, 3.05) is 5.32 Å². The van der Waals surface area contributed by atoms with E-state index in [2.05, 4.69) is 15.5 Å². The standard InChI is InChI=1S/C13H13F2N3O2S/c1-13(20,8-5-3-2-4-6-8)7-9(19)16-12-18-17-11(21-12)10(14)15/h2-6,10,20H,7H2,1H3,(H,16,18,19). The fraction of sp³-hybridized carbons (Fsp3) is 0.308. The number of aliphatic hydroxyl groups is 1. The van der Waals surface area contributed by atoms with Crippen LogP contribution in [0.5, 0.6) is 0 Å². The highest BCUT2D eigenvalue weighted by molar-refractivity contribution is 7.15. The molecule has 1 unspecified atom stereocenters. The van der Waals surface area contributed by atoms with Crippen molar-refractivity contribution >= 4 is 22.4 Å². The number of hydrogen-bond donors (Lipinski definition) is 2. The number of nitrogens with one attached hydrogen (secondary N) is 1. The molecular weight excluding hydrogens is 300 g/mol. The van der Waals surface area contributed by atoms with Gasteiger partial charge in [0.25, 0.3) is 6.43 Å². The number of rotatable bonds is 5. The molecule has 0 aliphatic heterocycles. The van der Waals surface area contributed by atoms with Crippen LogP contribution in [-0.4, -0.2) is 21.2 Å². The summed E-state index contributed by atoms with van der Waals surface area (Å²) < 4.78 is 24.7. The summed E-state index contributed by atoms with van der Waals surface area (Å²) in [5.41, 5.74) is -0.771.